The van der Waals surface area contributed by atoms with Gasteiger partial charge in [-0.15, -0.1) is 10.2 Å². The van der Waals surface area contributed by atoms with Crippen LogP contribution in [0, 0.1) is 0 Å². The minimum atomic E-state index is -0.252. The van der Waals surface area contributed by atoms with E-state index in [-0.39, 0.29) is 11.2 Å². The number of aromatic nitrogens is 3. The molecule has 1 unspecified atom stereocenters. The summed E-state index contributed by atoms with van der Waals surface area (Å²) in [5.41, 5.74) is 0.766. The van der Waals surface area contributed by atoms with Gasteiger partial charge in [0.25, 0.3) is 5.22 Å². The summed E-state index contributed by atoms with van der Waals surface area (Å²) >= 11 is 1.26. The fourth-order valence-electron chi connectivity index (χ4n) is 1.61. The van der Waals surface area contributed by atoms with Gasteiger partial charge in [0.15, 0.2) is 0 Å². The lowest BCUT2D eigenvalue weighted by Crippen LogP contribution is -2.32. The average Bonchev–Trinajstić information content (AvgIpc) is 3.16. The first kappa shape index (κ1) is 13.1. The smallest absolute Gasteiger partial charge is 0.277 e. The Hall–Kier alpha value is -1.89. The second-order valence-electron chi connectivity index (χ2n) is 4.66. The summed E-state index contributed by atoms with van der Waals surface area (Å²) in [6.07, 6.45) is 5.49. The molecule has 20 heavy (non-hydrogen) atoms. The molecule has 2 aromatic rings. The molecule has 1 aliphatic rings. The van der Waals surface area contributed by atoms with Crippen molar-refractivity contribution in [3.8, 4) is 11.5 Å². The van der Waals surface area contributed by atoms with Gasteiger partial charge in [-0.1, -0.05) is 11.8 Å². The molecule has 3 rings (SSSR count). The molecule has 104 valence electrons. The van der Waals surface area contributed by atoms with E-state index in [9.17, 15) is 4.79 Å². The van der Waals surface area contributed by atoms with Crippen molar-refractivity contribution in [3.05, 3.63) is 24.5 Å². The quantitative estimate of drug-likeness (QED) is 0.847. The molecule has 1 atom stereocenters. The Morgan fingerprint density at radius 1 is 1.50 bits per heavy atom. The summed E-state index contributed by atoms with van der Waals surface area (Å²) in [4.78, 5) is 15.8. The fourth-order valence-corrected chi connectivity index (χ4v) is 2.31. The Morgan fingerprint density at radius 2 is 2.35 bits per heavy atom. The third kappa shape index (κ3) is 3.16. The molecule has 0 aromatic carbocycles. The lowest BCUT2D eigenvalue weighted by molar-refractivity contribution is -0.120. The van der Waals surface area contributed by atoms with E-state index in [0.29, 0.717) is 17.2 Å². The lowest BCUT2D eigenvalue weighted by Gasteiger charge is -2.08. The molecular weight excluding hydrogens is 276 g/mol. The maximum Gasteiger partial charge on any atom is 0.277 e. The number of carbonyl (C=O) groups is 1. The SMILES string of the molecule is CC(Sc1nnc(-c2cccnc2)o1)C(=O)NC1CC1. The summed E-state index contributed by atoms with van der Waals surface area (Å²) in [6, 6.07) is 4.01. The van der Waals surface area contributed by atoms with Crippen molar-refractivity contribution in [2.75, 3.05) is 0 Å². The van der Waals surface area contributed by atoms with Gasteiger partial charge >= 0.3 is 0 Å². The zero-order valence-electron chi connectivity index (χ0n) is 10.9. The van der Waals surface area contributed by atoms with E-state index in [0.717, 1.165) is 18.4 Å². The first-order valence-electron chi connectivity index (χ1n) is 6.43. The van der Waals surface area contributed by atoms with Crippen molar-refractivity contribution >= 4 is 17.7 Å². The molecular formula is C13H14N4O2S. The molecule has 2 heterocycles. The monoisotopic (exact) mass is 290 g/mol. The molecule has 0 spiro atoms. The fraction of sp³-hybridized carbons (Fsp3) is 0.385. The highest BCUT2D eigenvalue weighted by atomic mass is 32.2. The van der Waals surface area contributed by atoms with Crippen LogP contribution in [0.2, 0.25) is 0 Å². The van der Waals surface area contributed by atoms with Gasteiger partial charge in [-0.05, 0) is 31.9 Å². The molecule has 2 aromatic heterocycles. The highest BCUT2D eigenvalue weighted by Crippen LogP contribution is 2.26. The maximum absolute atomic E-state index is 11.8. The van der Waals surface area contributed by atoms with Crippen LogP contribution in [-0.4, -0.2) is 32.4 Å². The van der Waals surface area contributed by atoms with Crippen LogP contribution in [0.3, 0.4) is 0 Å². The van der Waals surface area contributed by atoms with Crippen LogP contribution >= 0.6 is 11.8 Å². The van der Waals surface area contributed by atoms with Crippen LogP contribution in [0.5, 0.6) is 0 Å². The molecule has 1 amide bonds. The summed E-state index contributed by atoms with van der Waals surface area (Å²) < 4.78 is 5.53. The number of rotatable bonds is 5. The van der Waals surface area contributed by atoms with Crippen molar-refractivity contribution < 1.29 is 9.21 Å². The average molecular weight is 290 g/mol. The van der Waals surface area contributed by atoms with Gasteiger partial charge in [0, 0.05) is 18.4 Å². The largest absolute Gasteiger partial charge is 0.411 e. The third-order valence-corrected chi connectivity index (χ3v) is 3.82. The van der Waals surface area contributed by atoms with Crippen molar-refractivity contribution in [1.82, 2.24) is 20.5 Å². The van der Waals surface area contributed by atoms with E-state index in [4.69, 9.17) is 4.42 Å². The van der Waals surface area contributed by atoms with Crippen LogP contribution in [0.15, 0.2) is 34.2 Å². The van der Waals surface area contributed by atoms with Crippen LogP contribution in [0.25, 0.3) is 11.5 Å². The molecule has 0 saturated heterocycles. The van der Waals surface area contributed by atoms with Gasteiger partial charge in [0.05, 0.1) is 10.8 Å². The molecule has 6 nitrogen and oxygen atoms in total. The normalized spacial score (nSPS) is 15.8. The topological polar surface area (TPSA) is 80.9 Å². The van der Waals surface area contributed by atoms with Crippen LogP contribution < -0.4 is 5.32 Å². The Balaban J connectivity index is 1.63. The summed E-state index contributed by atoms with van der Waals surface area (Å²) in [5.74, 6) is 0.425. The predicted molar refractivity (Wildman–Crippen MR) is 74.0 cm³/mol. The summed E-state index contributed by atoms with van der Waals surface area (Å²) in [5, 5.41) is 11.0. The first-order chi connectivity index (χ1) is 9.72. The van der Waals surface area contributed by atoms with Crippen molar-refractivity contribution in [2.45, 2.75) is 36.3 Å². The molecule has 1 fully saturated rings. The third-order valence-electron chi connectivity index (χ3n) is 2.89. The van der Waals surface area contributed by atoms with Gasteiger partial charge in [0.2, 0.25) is 11.8 Å². The van der Waals surface area contributed by atoms with Gasteiger partial charge in [-0.25, -0.2) is 0 Å². The molecule has 0 bridgehead atoms. The van der Waals surface area contributed by atoms with Gasteiger partial charge < -0.3 is 9.73 Å². The molecule has 0 aliphatic heterocycles. The van der Waals surface area contributed by atoms with E-state index >= 15 is 0 Å². The second-order valence-corrected chi connectivity index (χ2v) is 5.95. The van der Waals surface area contributed by atoms with Crippen molar-refractivity contribution in [3.63, 3.8) is 0 Å². The number of pyridine rings is 1. The van der Waals surface area contributed by atoms with E-state index in [1.54, 1.807) is 18.5 Å². The zero-order valence-corrected chi connectivity index (χ0v) is 11.8. The molecule has 7 heteroatoms. The summed E-state index contributed by atoms with van der Waals surface area (Å²) in [6.45, 7) is 1.83. The molecule has 1 aliphatic carbocycles. The number of hydrogen-bond acceptors (Lipinski definition) is 6. The Bertz CT molecular complexity index is 597. The minimum Gasteiger partial charge on any atom is -0.411 e. The van der Waals surface area contributed by atoms with Crippen LogP contribution in [0.4, 0.5) is 0 Å². The summed E-state index contributed by atoms with van der Waals surface area (Å²) in [7, 11) is 0. The number of thioether (sulfide) groups is 1. The number of nitrogens with zero attached hydrogens (tertiary/aromatic N) is 3. The van der Waals surface area contributed by atoms with Crippen molar-refractivity contribution in [2.24, 2.45) is 0 Å². The highest BCUT2D eigenvalue weighted by Gasteiger charge is 2.26. The van der Waals surface area contributed by atoms with Crippen molar-refractivity contribution in [1.29, 1.82) is 0 Å². The molecule has 1 saturated carbocycles. The maximum atomic E-state index is 11.8. The molecule has 0 radical (unpaired) electrons. The van der Waals surface area contributed by atoms with E-state index in [1.165, 1.54) is 11.8 Å². The van der Waals surface area contributed by atoms with E-state index in [2.05, 4.69) is 20.5 Å². The van der Waals surface area contributed by atoms with E-state index < -0.39 is 0 Å². The van der Waals surface area contributed by atoms with Crippen LogP contribution in [-0.2, 0) is 4.79 Å². The minimum absolute atomic E-state index is 0.0126. The Labute approximate surface area is 120 Å². The highest BCUT2D eigenvalue weighted by molar-refractivity contribution is 8.00. The van der Waals surface area contributed by atoms with Gasteiger partial charge in [-0.2, -0.15) is 0 Å². The second kappa shape index (κ2) is 5.62. The Morgan fingerprint density at radius 3 is 3.05 bits per heavy atom. The zero-order chi connectivity index (χ0) is 13.9. The predicted octanol–water partition coefficient (Wildman–Crippen LogP) is 1.89. The lowest BCUT2D eigenvalue weighted by atomic mass is 10.3. The van der Waals surface area contributed by atoms with Crippen LogP contribution in [0.1, 0.15) is 19.8 Å². The number of hydrogen-bond donors (Lipinski definition) is 1. The van der Waals surface area contributed by atoms with E-state index in [1.807, 2.05) is 13.0 Å². The standard InChI is InChI=1S/C13H14N4O2S/c1-8(11(18)15-10-4-5-10)20-13-17-16-12(19-13)9-3-2-6-14-7-9/h2-3,6-8,10H,4-5H2,1H3,(H,15,18). The number of nitrogens with one attached hydrogen (secondary N) is 1. The first-order valence-corrected chi connectivity index (χ1v) is 7.31. The number of amides is 1. The number of carbonyl (C=O) groups excluding carboxylic acids is 1. The van der Waals surface area contributed by atoms with Gasteiger partial charge in [0.1, 0.15) is 0 Å². The van der Waals surface area contributed by atoms with Gasteiger partial charge in [-0.3, -0.25) is 9.78 Å². The molecule has 1 N–H and O–H groups in total. The Kier molecular flexibility index (Phi) is 3.68.